The molecule has 5 nitrogen and oxygen atoms in total. The molecule has 1 amide bonds. The Morgan fingerprint density at radius 1 is 1.06 bits per heavy atom. The number of carbonyl (C=O) groups excluding carboxylic acids is 1. The molecule has 8 heteroatoms. The summed E-state index contributed by atoms with van der Waals surface area (Å²) in [5, 5.41) is 9.94. The Kier molecular flexibility index (Phi) is 7.19. The van der Waals surface area contributed by atoms with Gasteiger partial charge in [-0.05, 0) is 85.1 Å². The zero-order chi connectivity index (χ0) is 23.4. The van der Waals surface area contributed by atoms with Crippen molar-refractivity contribution in [3.05, 3.63) is 88.2 Å². The fraction of sp³-hybridized carbons (Fsp3) is 0.200. The number of hydrogen-bond donors (Lipinski definition) is 0. The first kappa shape index (κ1) is 23.1. The summed E-state index contributed by atoms with van der Waals surface area (Å²) in [5.74, 6) is 0.788. The second kappa shape index (κ2) is 10.3. The van der Waals surface area contributed by atoms with Gasteiger partial charge in [0.05, 0.1) is 16.5 Å². The SMILES string of the molecule is Cc1cc(Cl)cc(Oc2ccc(C#N)cc2SN2CCN(C(=O)c3ccc(F)cc3)CC2)c1. The number of aryl methyl sites for hydroxylation is 1. The molecule has 4 rings (SSSR count). The molecule has 1 saturated heterocycles. The molecule has 3 aromatic rings. The number of nitriles is 1. The third-order valence-corrected chi connectivity index (χ3v) is 6.52. The van der Waals surface area contributed by atoms with E-state index < -0.39 is 0 Å². The van der Waals surface area contributed by atoms with Crippen LogP contribution in [0.15, 0.2) is 65.6 Å². The Hall–Kier alpha value is -3.05. The highest BCUT2D eigenvalue weighted by molar-refractivity contribution is 7.97. The van der Waals surface area contributed by atoms with E-state index in [1.165, 1.54) is 36.2 Å². The molecule has 168 valence electrons. The number of hydrogen-bond acceptors (Lipinski definition) is 5. The number of benzene rings is 3. The molecule has 0 spiro atoms. The fourth-order valence-electron chi connectivity index (χ4n) is 3.52. The van der Waals surface area contributed by atoms with E-state index in [9.17, 15) is 14.4 Å². The first-order chi connectivity index (χ1) is 15.9. The van der Waals surface area contributed by atoms with Crippen LogP contribution in [0.3, 0.4) is 0 Å². The van der Waals surface area contributed by atoms with Gasteiger partial charge < -0.3 is 9.64 Å². The van der Waals surface area contributed by atoms with E-state index in [1.54, 1.807) is 29.2 Å². The first-order valence-electron chi connectivity index (χ1n) is 10.4. The lowest BCUT2D eigenvalue weighted by Crippen LogP contribution is -2.46. The molecule has 1 heterocycles. The number of carbonyl (C=O) groups is 1. The van der Waals surface area contributed by atoms with Gasteiger partial charge in [-0.2, -0.15) is 5.26 Å². The molecular formula is C25H21ClFN3O2S. The lowest BCUT2D eigenvalue weighted by atomic mass is 10.2. The van der Waals surface area contributed by atoms with Crippen LogP contribution in [-0.2, 0) is 0 Å². The maximum Gasteiger partial charge on any atom is 0.253 e. The summed E-state index contributed by atoms with van der Waals surface area (Å²) in [6.45, 7) is 4.32. The molecule has 0 radical (unpaired) electrons. The third kappa shape index (κ3) is 5.85. The maximum absolute atomic E-state index is 13.1. The van der Waals surface area contributed by atoms with Crippen molar-refractivity contribution < 1.29 is 13.9 Å². The van der Waals surface area contributed by atoms with Gasteiger partial charge in [0.15, 0.2) is 0 Å². The number of ether oxygens (including phenoxy) is 1. The molecule has 0 bridgehead atoms. The number of rotatable bonds is 5. The average Bonchev–Trinajstić information content (AvgIpc) is 2.80. The molecule has 1 aliphatic heterocycles. The van der Waals surface area contributed by atoms with E-state index in [2.05, 4.69) is 10.4 Å². The highest BCUT2D eigenvalue weighted by Crippen LogP contribution is 2.37. The van der Waals surface area contributed by atoms with Crippen molar-refractivity contribution in [2.24, 2.45) is 0 Å². The van der Waals surface area contributed by atoms with Crippen molar-refractivity contribution in [1.29, 1.82) is 5.26 Å². The summed E-state index contributed by atoms with van der Waals surface area (Å²) in [7, 11) is 0. The zero-order valence-corrected chi connectivity index (χ0v) is 19.5. The van der Waals surface area contributed by atoms with Crippen molar-refractivity contribution in [3.63, 3.8) is 0 Å². The van der Waals surface area contributed by atoms with Crippen LogP contribution < -0.4 is 4.74 Å². The Morgan fingerprint density at radius 3 is 2.45 bits per heavy atom. The Balaban J connectivity index is 1.45. The van der Waals surface area contributed by atoms with Crippen LogP contribution in [0, 0.1) is 24.1 Å². The molecule has 0 N–H and O–H groups in total. The third-order valence-electron chi connectivity index (χ3n) is 5.16. The standard InChI is InChI=1S/C25H21ClFN3O2S/c1-17-12-20(26)15-22(13-17)32-23-7-2-18(16-28)14-24(23)33-30-10-8-29(9-11-30)25(31)19-3-5-21(27)6-4-19/h2-7,12-15H,8-11H2,1H3. The average molecular weight is 482 g/mol. The molecule has 0 aliphatic carbocycles. The second-order valence-corrected chi connectivity index (χ2v) is 9.23. The maximum atomic E-state index is 13.1. The summed E-state index contributed by atoms with van der Waals surface area (Å²) in [6.07, 6.45) is 0. The molecule has 1 aliphatic rings. The second-order valence-electron chi connectivity index (χ2n) is 7.66. The lowest BCUT2D eigenvalue weighted by molar-refractivity contribution is 0.0703. The summed E-state index contributed by atoms with van der Waals surface area (Å²) < 4.78 is 21.4. The summed E-state index contributed by atoms with van der Waals surface area (Å²) in [5.41, 5.74) is 2.01. The van der Waals surface area contributed by atoms with Gasteiger partial charge in [-0.25, -0.2) is 8.70 Å². The van der Waals surface area contributed by atoms with Crippen molar-refractivity contribution in [2.45, 2.75) is 11.8 Å². The van der Waals surface area contributed by atoms with Gasteiger partial charge in [-0.1, -0.05) is 11.6 Å². The largest absolute Gasteiger partial charge is 0.456 e. The van der Waals surface area contributed by atoms with E-state index >= 15 is 0 Å². The van der Waals surface area contributed by atoms with Gasteiger partial charge in [-0.15, -0.1) is 0 Å². The Morgan fingerprint density at radius 2 is 1.79 bits per heavy atom. The van der Waals surface area contributed by atoms with Gasteiger partial charge in [0.25, 0.3) is 5.91 Å². The smallest absolute Gasteiger partial charge is 0.253 e. The van der Waals surface area contributed by atoms with Crippen LogP contribution in [0.25, 0.3) is 0 Å². The van der Waals surface area contributed by atoms with Gasteiger partial charge >= 0.3 is 0 Å². The highest BCUT2D eigenvalue weighted by atomic mass is 35.5. The zero-order valence-electron chi connectivity index (χ0n) is 17.9. The van der Waals surface area contributed by atoms with E-state index in [1.807, 2.05) is 19.1 Å². The topological polar surface area (TPSA) is 56.6 Å². The van der Waals surface area contributed by atoms with Crippen molar-refractivity contribution in [2.75, 3.05) is 26.2 Å². The van der Waals surface area contributed by atoms with Gasteiger partial charge in [0, 0.05) is 36.8 Å². The fourth-order valence-corrected chi connectivity index (χ4v) is 4.80. The van der Waals surface area contributed by atoms with E-state index in [0.717, 1.165) is 10.5 Å². The molecule has 0 unspecified atom stereocenters. The Labute approximate surface area is 201 Å². The van der Waals surface area contributed by atoms with E-state index in [-0.39, 0.29) is 11.7 Å². The highest BCUT2D eigenvalue weighted by Gasteiger charge is 2.24. The van der Waals surface area contributed by atoms with Crippen molar-refractivity contribution in [3.8, 4) is 17.6 Å². The monoisotopic (exact) mass is 481 g/mol. The van der Waals surface area contributed by atoms with Crippen LogP contribution in [0.5, 0.6) is 11.5 Å². The first-order valence-corrected chi connectivity index (χ1v) is 11.5. The minimum Gasteiger partial charge on any atom is -0.456 e. The van der Waals surface area contributed by atoms with Crippen molar-refractivity contribution in [1.82, 2.24) is 9.21 Å². The minimum absolute atomic E-state index is 0.105. The predicted octanol–water partition coefficient (Wildman–Crippen LogP) is 5.92. The molecule has 33 heavy (non-hydrogen) atoms. The Bertz CT molecular complexity index is 1190. The normalized spacial score (nSPS) is 14.1. The molecule has 0 atom stereocenters. The number of halogens is 2. The van der Waals surface area contributed by atoms with Crippen LogP contribution in [0.1, 0.15) is 21.5 Å². The summed E-state index contributed by atoms with van der Waals surface area (Å²) in [6, 6.07) is 18.6. The molecule has 3 aromatic carbocycles. The molecule has 0 saturated carbocycles. The number of piperazine rings is 1. The van der Waals surface area contributed by atoms with Gasteiger partial charge in [0.2, 0.25) is 0 Å². The molecule has 0 aromatic heterocycles. The molecule has 1 fully saturated rings. The summed E-state index contributed by atoms with van der Waals surface area (Å²) >= 11 is 7.66. The van der Waals surface area contributed by atoms with Crippen LogP contribution in [0.2, 0.25) is 5.02 Å². The van der Waals surface area contributed by atoms with Crippen LogP contribution in [-0.4, -0.2) is 41.3 Å². The summed E-state index contributed by atoms with van der Waals surface area (Å²) in [4.78, 5) is 15.3. The lowest BCUT2D eigenvalue weighted by Gasteiger charge is -2.34. The van der Waals surface area contributed by atoms with Crippen LogP contribution >= 0.6 is 23.5 Å². The van der Waals surface area contributed by atoms with Gasteiger partial charge in [-0.3, -0.25) is 4.79 Å². The number of nitrogens with zero attached hydrogens (tertiary/aromatic N) is 3. The predicted molar refractivity (Wildman–Crippen MR) is 127 cm³/mol. The molecular weight excluding hydrogens is 461 g/mol. The van der Waals surface area contributed by atoms with Gasteiger partial charge in [0.1, 0.15) is 17.3 Å². The van der Waals surface area contributed by atoms with E-state index in [4.69, 9.17) is 16.3 Å². The quantitative estimate of drug-likeness (QED) is 0.423. The minimum atomic E-state index is -0.363. The number of amides is 1. The van der Waals surface area contributed by atoms with E-state index in [0.29, 0.717) is 53.8 Å². The van der Waals surface area contributed by atoms with Crippen molar-refractivity contribution >= 4 is 29.5 Å². The van der Waals surface area contributed by atoms with Crippen LogP contribution in [0.4, 0.5) is 4.39 Å².